The molecule has 0 aliphatic heterocycles. The first kappa shape index (κ1) is 9.07. The van der Waals surface area contributed by atoms with Gasteiger partial charge in [-0.1, -0.05) is 29.8 Å². The van der Waals surface area contributed by atoms with Crippen LogP contribution < -0.4 is 0 Å². The highest BCUT2D eigenvalue weighted by Crippen LogP contribution is 2.18. The first-order chi connectivity index (χ1) is 6.77. The number of allylic oxidation sites excluding steroid dienone is 2. The summed E-state index contributed by atoms with van der Waals surface area (Å²) in [7, 11) is 0. The van der Waals surface area contributed by atoms with Gasteiger partial charge in [0.1, 0.15) is 0 Å². The maximum Gasteiger partial charge on any atom is 0.0456 e. The Morgan fingerprint density at radius 3 is 2.86 bits per heavy atom. The number of aromatic nitrogens is 1. The summed E-state index contributed by atoms with van der Waals surface area (Å²) in [4.78, 5) is 3.28. The van der Waals surface area contributed by atoms with Gasteiger partial charge in [0.05, 0.1) is 0 Å². The predicted octanol–water partition coefficient (Wildman–Crippen LogP) is 3.68. The molecular formula is C13H15N. The Morgan fingerprint density at radius 2 is 2.07 bits per heavy atom. The third-order valence-corrected chi connectivity index (χ3v) is 2.41. The molecule has 0 aliphatic carbocycles. The molecule has 0 saturated heterocycles. The third-order valence-electron chi connectivity index (χ3n) is 2.41. The SMILES string of the molecule is CC(C)=CCc1c[nH]c2ccccc12. The van der Waals surface area contributed by atoms with Crippen molar-refractivity contribution < 1.29 is 0 Å². The molecule has 1 aromatic heterocycles. The van der Waals surface area contributed by atoms with E-state index in [0.717, 1.165) is 6.42 Å². The van der Waals surface area contributed by atoms with E-state index in [4.69, 9.17) is 0 Å². The third kappa shape index (κ3) is 1.72. The van der Waals surface area contributed by atoms with Gasteiger partial charge in [0.15, 0.2) is 0 Å². The van der Waals surface area contributed by atoms with Crippen LogP contribution in [0.25, 0.3) is 10.9 Å². The number of hydrogen-bond donors (Lipinski definition) is 1. The summed E-state index contributed by atoms with van der Waals surface area (Å²) in [6.45, 7) is 4.27. The van der Waals surface area contributed by atoms with Gasteiger partial charge < -0.3 is 4.98 Å². The van der Waals surface area contributed by atoms with Crippen molar-refractivity contribution in [3.63, 3.8) is 0 Å². The van der Waals surface area contributed by atoms with Gasteiger partial charge in [0.25, 0.3) is 0 Å². The van der Waals surface area contributed by atoms with Crippen molar-refractivity contribution in [1.82, 2.24) is 4.98 Å². The highest BCUT2D eigenvalue weighted by atomic mass is 14.7. The van der Waals surface area contributed by atoms with Gasteiger partial charge in [-0.25, -0.2) is 0 Å². The summed E-state index contributed by atoms with van der Waals surface area (Å²) >= 11 is 0. The highest BCUT2D eigenvalue weighted by molar-refractivity contribution is 5.83. The normalized spacial score (nSPS) is 10.4. The van der Waals surface area contributed by atoms with Crippen LogP contribution in [0.1, 0.15) is 19.4 Å². The molecule has 0 amide bonds. The lowest BCUT2D eigenvalue weighted by Gasteiger charge is -1.94. The standard InChI is InChI=1S/C13H15N/c1-10(2)7-8-11-9-14-13-6-4-3-5-12(11)13/h3-7,9,14H,8H2,1-2H3. The number of H-pyrrole nitrogens is 1. The number of nitrogens with one attached hydrogen (secondary N) is 1. The van der Waals surface area contributed by atoms with Crippen molar-refractivity contribution in [3.05, 3.63) is 47.7 Å². The average molecular weight is 185 g/mol. The monoisotopic (exact) mass is 185 g/mol. The molecule has 0 unspecified atom stereocenters. The van der Waals surface area contributed by atoms with Crippen LogP contribution in [-0.4, -0.2) is 4.98 Å². The molecular weight excluding hydrogens is 170 g/mol. The number of rotatable bonds is 2. The van der Waals surface area contributed by atoms with Crippen LogP contribution in [0.2, 0.25) is 0 Å². The zero-order valence-electron chi connectivity index (χ0n) is 8.67. The fourth-order valence-electron chi connectivity index (χ4n) is 1.61. The molecule has 0 saturated carbocycles. The van der Waals surface area contributed by atoms with Gasteiger partial charge in [-0.05, 0) is 31.9 Å². The minimum absolute atomic E-state index is 1.02. The molecule has 1 nitrogen and oxygen atoms in total. The van der Waals surface area contributed by atoms with Gasteiger partial charge in [0, 0.05) is 17.1 Å². The van der Waals surface area contributed by atoms with Gasteiger partial charge in [0.2, 0.25) is 0 Å². The lowest BCUT2D eigenvalue weighted by atomic mass is 10.1. The largest absolute Gasteiger partial charge is 0.361 e. The quantitative estimate of drug-likeness (QED) is 0.687. The predicted molar refractivity (Wildman–Crippen MR) is 61.4 cm³/mol. The number of aromatic amines is 1. The Morgan fingerprint density at radius 1 is 1.29 bits per heavy atom. The summed E-state index contributed by atoms with van der Waals surface area (Å²) in [5.41, 5.74) is 3.97. The van der Waals surface area contributed by atoms with Crippen molar-refractivity contribution in [2.24, 2.45) is 0 Å². The van der Waals surface area contributed by atoms with Crippen LogP contribution in [-0.2, 0) is 6.42 Å². The number of benzene rings is 1. The minimum atomic E-state index is 1.02. The van der Waals surface area contributed by atoms with E-state index in [1.807, 2.05) is 0 Å². The first-order valence-electron chi connectivity index (χ1n) is 4.96. The van der Waals surface area contributed by atoms with Crippen LogP contribution in [0.3, 0.4) is 0 Å². The van der Waals surface area contributed by atoms with Gasteiger partial charge >= 0.3 is 0 Å². The van der Waals surface area contributed by atoms with Gasteiger partial charge in [-0.15, -0.1) is 0 Å². The van der Waals surface area contributed by atoms with E-state index in [-0.39, 0.29) is 0 Å². The van der Waals surface area contributed by atoms with Crippen molar-refractivity contribution in [1.29, 1.82) is 0 Å². The summed E-state index contributed by atoms with van der Waals surface area (Å²) in [5, 5.41) is 1.34. The molecule has 0 atom stereocenters. The summed E-state index contributed by atoms with van der Waals surface area (Å²) in [6.07, 6.45) is 5.38. The molecule has 0 radical (unpaired) electrons. The van der Waals surface area contributed by atoms with Crippen molar-refractivity contribution in [2.75, 3.05) is 0 Å². The van der Waals surface area contributed by atoms with E-state index in [9.17, 15) is 0 Å². The molecule has 0 spiro atoms. The van der Waals surface area contributed by atoms with Crippen LogP contribution >= 0.6 is 0 Å². The zero-order chi connectivity index (χ0) is 9.97. The Labute approximate surface area is 84.5 Å². The molecule has 14 heavy (non-hydrogen) atoms. The van der Waals surface area contributed by atoms with Gasteiger partial charge in [-0.3, -0.25) is 0 Å². The fraction of sp³-hybridized carbons (Fsp3) is 0.231. The fourth-order valence-corrected chi connectivity index (χ4v) is 1.61. The van der Waals surface area contributed by atoms with Crippen LogP contribution in [0.5, 0.6) is 0 Å². The van der Waals surface area contributed by atoms with E-state index < -0.39 is 0 Å². The molecule has 1 heteroatoms. The number of hydrogen-bond acceptors (Lipinski definition) is 0. The second kappa shape index (κ2) is 3.70. The van der Waals surface area contributed by atoms with E-state index in [1.54, 1.807) is 0 Å². The van der Waals surface area contributed by atoms with Crippen LogP contribution in [0.15, 0.2) is 42.1 Å². The van der Waals surface area contributed by atoms with E-state index >= 15 is 0 Å². The second-order valence-corrected chi connectivity index (χ2v) is 3.85. The topological polar surface area (TPSA) is 15.8 Å². The summed E-state index contributed by atoms with van der Waals surface area (Å²) in [6, 6.07) is 8.42. The molecule has 0 fully saturated rings. The molecule has 0 bridgehead atoms. The maximum atomic E-state index is 3.28. The molecule has 1 N–H and O–H groups in total. The molecule has 72 valence electrons. The lowest BCUT2D eigenvalue weighted by molar-refractivity contribution is 1.23. The van der Waals surface area contributed by atoms with E-state index in [2.05, 4.69) is 55.4 Å². The average Bonchev–Trinajstić information content (AvgIpc) is 2.58. The number of para-hydroxylation sites is 1. The molecule has 0 aliphatic rings. The Bertz CT molecular complexity index is 459. The lowest BCUT2D eigenvalue weighted by Crippen LogP contribution is -1.78. The van der Waals surface area contributed by atoms with Crippen molar-refractivity contribution in [2.45, 2.75) is 20.3 Å². The molecule has 2 aromatic rings. The highest BCUT2D eigenvalue weighted by Gasteiger charge is 1.99. The van der Waals surface area contributed by atoms with Crippen molar-refractivity contribution in [3.8, 4) is 0 Å². The van der Waals surface area contributed by atoms with E-state index in [0.29, 0.717) is 0 Å². The van der Waals surface area contributed by atoms with Gasteiger partial charge in [-0.2, -0.15) is 0 Å². The molecule has 1 aromatic carbocycles. The summed E-state index contributed by atoms with van der Waals surface area (Å²) < 4.78 is 0. The van der Waals surface area contributed by atoms with Crippen LogP contribution in [0, 0.1) is 0 Å². The van der Waals surface area contributed by atoms with Crippen molar-refractivity contribution >= 4 is 10.9 Å². The molecule has 1 heterocycles. The maximum absolute atomic E-state index is 3.28. The Balaban J connectivity index is 2.38. The Kier molecular flexibility index (Phi) is 2.40. The Hall–Kier alpha value is -1.50. The first-order valence-corrected chi connectivity index (χ1v) is 4.96. The minimum Gasteiger partial charge on any atom is -0.361 e. The van der Waals surface area contributed by atoms with E-state index in [1.165, 1.54) is 22.0 Å². The second-order valence-electron chi connectivity index (χ2n) is 3.85. The smallest absolute Gasteiger partial charge is 0.0456 e. The number of fused-ring (bicyclic) bond motifs is 1. The van der Waals surface area contributed by atoms with Crippen LogP contribution in [0.4, 0.5) is 0 Å². The zero-order valence-corrected chi connectivity index (χ0v) is 8.67. The molecule has 2 rings (SSSR count). The summed E-state index contributed by atoms with van der Waals surface area (Å²) in [5.74, 6) is 0.